The van der Waals surface area contributed by atoms with Gasteiger partial charge in [-0.1, -0.05) is 86.6 Å². The molecule has 1 heterocycles. The van der Waals surface area contributed by atoms with E-state index in [0.717, 1.165) is 74.8 Å². The lowest BCUT2D eigenvalue weighted by atomic mass is 9.81. The minimum atomic E-state index is -1.35. The second-order valence-electron chi connectivity index (χ2n) is 13.2. The summed E-state index contributed by atoms with van der Waals surface area (Å²) >= 11 is 0. The molecule has 2 amide bonds. The molecule has 2 aliphatic rings. The number of benzene rings is 3. The SMILES string of the molecule is CC(C)C(=O)c1ccc2c(c1)CCN(CC[C@H]1CC[C@H](NC(=O)N[C@@H](C)C(O)(c3ccccc3)c3ccccc3)CC1)CC2. The van der Waals surface area contributed by atoms with Gasteiger partial charge >= 0.3 is 6.03 Å². The Morgan fingerprint density at radius 2 is 1.43 bits per heavy atom. The van der Waals surface area contributed by atoms with E-state index in [1.807, 2.05) is 87.5 Å². The van der Waals surface area contributed by atoms with Gasteiger partial charge in [-0.3, -0.25) is 4.79 Å². The maximum absolute atomic E-state index is 13.1. The van der Waals surface area contributed by atoms with Crippen LogP contribution in [0.1, 0.15) is 85.5 Å². The molecule has 1 aliphatic carbocycles. The number of rotatable bonds is 10. The van der Waals surface area contributed by atoms with Crippen molar-refractivity contribution < 1.29 is 14.7 Å². The van der Waals surface area contributed by atoms with Crippen molar-refractivity contribution in [2.45, 2.75) is 83.4 Å². The molecule has 1 fully saturated rings. The van der Waals surface area contributed by atoms with E-state index in [4.69, 9.17) is 0 Å². The lowest BCUT2D eigenvalue weighted by molar-refractivity contribution is 0.0470. The highest BCUT2D eigenvalue weighted by Gasteiger charge is 2.38. The van der Waals surface area contributed by atoms with Crippen LogP contribution >= 0.6 is 0 Å². The second-order valence-corrected chi connectivity index (χ2v) is 13.2. The number of fused-ring (bicyclic) bond motifs is 1. The number of carbonyl (C=O) groups is 2. The van der Waals surface area contributed by atoms with Crippen molar-refractivity contribution in [3.05, 3.63) is 107 Å². The highest BCUT2D eigenvalue weighted by molar-refractivity contribution is 5.97. The molecule has 0 radical (unpaired) electrons. The van der Waals surface area contributed by atoms with Crippen LogP contribution in [0.3, 0.4) is 0 Å². The molecule has 1 saturated carbocycles. The normalized spacial score (nSPS) is 19.9. The molecule has 3 aromatic rings. The second kappa shape index (κ2) is 14.5. The Morgan fingerprint density at radius 3 is 2.02 bits per heavy atom. The van der Waals surface area contributed by atoms with Gasteiger partial charge in [0.05, 0.1) is 6.04 Å². The van der Waals surface area contributed by atoms with Gasteiger partial charge in [0.1, 0.15) is 5.60 Å². The van der Waals surface area contributed by atoms with Gasteiger partial charge in [0.2, 0.25) is 0 Å². The van der Waals surface area contributed by atoms with Gasteiger partial charge in [-0.25, -0.2) is 4.79 Å². The van der Waals surface area contributed by atoms with Crippen LogP contribution in [0.2, 0.25) is 0 Å². The first-order chi connectivity index (χ1) is 21.2. The van der Waals surface area contributed by atoms with Gasteiger partial charge in [0.25, 0.3) is 0 Å². The van der Waals surface area contributed by atoms with Crippen molar-refractivity contribution in [3.63, 3.8) is 0 Å². The van der Waals surface area contributed by atoms with Crippen molar-refractivity contribution >= 4 is 11.8 Å². The van der Waals surface area contributed by atoms with E-state index in [9.17, 15) is 14.7 Å². The minimum absolute atomic E-state index is 0.0258. The summed E-state index contributed by atoms with van der Waals surface area (Å²) in [7, 11) is 0. The fraction of sp³-hybridized carbons (Fsp3) is 0.474. The topological polar surface area (TPSA) is 81.7 Å². The average molecular weight is 596 g/mol. The number of amides is 2. The lowest BCUT2D eigenvalue weighted by Crippen LogP contribution is -2.54. The lowest BCUT2D eigenvalue weighted by Gasteiger charge is -2.36. The number of urea groups is 1. The first-order valence-electron chi connectivity index (χ1n) is 16.5. The third-order valence-electron chi connectivity index (χ3n) is 9.85. The highest BCUT2D eigenvalue weighted by Crippen LogP contribution is 2.33. The van der Waals surface area contributed by atoms with Crippen LogP contribution in [0.25, 0.3) is 0 Å². The maximum Gasteiger partial charge on any atom is 0.315 e. The van der Waals surface area contributed by atoms with Crippen LogP contribution in [-0.4, -0.2) is 53.5 Å². The quantitative estimate of drug-likeness (QED) is 0.234. The number of carbonyl (C=O) groups excluding carboxylic acids is 2. The molecule has 0 saturated heterocycles. The van der Waals surface area contributed by atoms with Gasteiger partial charge in [-0.2, -0.15) is 0 Å². The van der Waals surface area contributed by atoms with E-state index >= 15 is 0 Å². The summed E-state index contributed by atoms with van der Waals surface area (Å²) in [5.74, 6) is 0.932. The number of hydrogen-bond acceptors (Lipinski definition) is 4. The molecule has 0 spiro atoms. The molecule has 0 bridgehead atoms. The summed E-state index contributed by atoms with van der Waals surface area (Å²) in [6, 6.07) is 24.8. The number of nitrogens with zero attached hydrogens (tertiary/aromatic N) is 1. The van der Waals surface area contributed by atoms with Crippen LogP contribution in [-0.2, 0) is 18.4 Å². The summed E-state index contributed by atoms with van der Waals surface area (Å²) in [6.45, 7) is 9.01. The van der Waals surface area contributed by atoms with Crippen molar-refractivity contribution in [3.8, 4) is 0 Å². The fourth-order valence-electron chi connectivity index (χ4n) is 7.02. The number of Topliss-reactive ketones (excluding diaryl/α,β-unsaturated/α-hetero) is 1. The van der Waals surface area contributed by atoms with Gasteiger partial charge in [-0.15, -0.1) is 0 Å². The summed E-state index contributed by atoms with van der Waals surface area (Å²) in [5.41, 5.74) is 3.73. The van der Waals surface area contributed by atoms with Crippen LogP contribution in [0.5, 0.6) is 0 Å². The Bertz CT molecular complexity index is 1340. The van der Waals surface area contributed by atoms with Crippen LogP contribution in [0.15, 0.2) is 78.9 Å². The first-order valence-corrected chi connectivity index (χ1v) is 16.5. The van der Waals surface area contributed by atoms with Gasteiger partial charge in [0.15, 0.2) is 5.78 Å². The van der Waals surface area contributed by atoms with E-state index < -0.39 is 11.6 Å². The summed E-state index contributed by atoms with van der Waals surface area (Å²) in [6.07, 6.45) is 7.42. The Balaban J connectivity index is 1.07. The standard InChI is InChI=1S/C38H49N3O3/c1-27(2)36(42)32-17-16-30-21-24-41(25-22-31(30)26-32)23-20-29-14-18-35(19-15-29)40-37(43)39-28(3)38(44,33-10-6-4-7-11-33)34-12-8-5-9-13-34/h4-13,16-17,26-29,35,44H,14-15,18-25H2,1-3H3,(H2,39,40,43)/t28-,29-,35-/m0/s1. The predicted octanol–water partition coefficient (Wildman–Crippen LogP) is 6.50. The van der Waals surface area contributed by atoms with E-state index in [1.54, 1.807) is 0 Å². The van der Waals surface area contributed by atoms with Crippen molar-refractivity contribution in [1.29, 1.82) is 0 Å². The van der Waals surface area contributed by atoms with Crippen LogP contribution in [0.4, 0.5) is 4.79 Å². The summed E-state index contributed by atoms with van der Waals surface area (Å²) < 4.78 is 0. The monoisotopic (exact) mass is 595 g/mol. The fourth-order valence-corrected chi connectivity index (χ4v) is 7.02. The average Bonchev–Trinajstić information content (AvgIpc) is 3.26. The first kappa shape index (κ1) is 31.9. The van der Waals surface area contributed by atoms with E-state index in [0.29, 0.717) is 5.92 Å². The third kappa shape index (κ3) is 7.59. The Labute approximate surface area is 263 Å². The summed E-state index contributed by atoms with van der Waals surface area (Å²) in [4.78, 5) is 28.2. The van der Waals surface area contributed by atoms with Gasteiger partial charge in [0, 0.05) is 30.6 Å². The van der Waals surface area contributed by atoms with Crippen LogP contribution < -0.4 is 10.6 Å². The Kier molecular flexibility index (Phi) is 10.5. The molecule has 6 nitrogen and oxygen atoms in total. The van der Waals surface area contributed by atoms with Crippen LogP contribution in [0, 0.1) is 11.8 Å². The van der Waals surface area contributed by atoms with Gasteiger partial charge in [-0.05, 0) is 92.7 Å². The molecule has 44 heavy (non-hydrogen) atoms. The van der Waals surface area contributed by atoms with Gasteiger partial charge < -0.3 is 20.6 Å². The zero-order valence-electron chi connectivity index (χ0n) is 26.6. The molecular formula is C38H49N3O3. The molecule has 6 heteroatoms. The number of nitrogens with one attached hydrogen (secondary N) is 2. The third-order valence-corrected chi connectivity index (χ3v) is 9.85. The largest absolute Gasteiger partial charge is 0.378 e. The van der Waals surface area contributed by atoms with Crippen molar-refractivity contribution in [2.75, 3.05) is 19.6 Å². The van der Waals surface area contributed by atoms with E-state index in [-0.39, 0.29) is 23.8 Å². The number of aliphatic hydroxyl groups is 1. The molecule has 0 unspecified atom stereocenters. The minimum Gasteiger partial charge on any atom is -0.378 e. The van der Waals surface area contributed by atoms with Crippen molar-refractivity contribution in [2.24, 2.45) is 11.8 Å². The van der Waals surface area contributed by atoms with E-state index in [1.165, 1.54) is 17.5 Å². The number of ketones is 1. The predicted molar refractivity (Wildman–Crippen MR) is 177 cm³/mol. The molecule has 3 aromatic carbocycles. The zero-order chi connectivity index (χ0) is 31.1. The maximum atomic E-state index is 13.1. The van der Waals surface area contributed by atoms with E-state index in [2.05, 4.69) is 27.7 Å². The highest BCUT2D eigenvalue weighted by atomic mass is 16.3. The Morgan fingerprint density at radius 1 is 0.841 bits per heavy atom. The molecule has 1 atom stereocenters. The smallest absolute Gasteiger partial charge is 0.315 e. The molecular weight excluding hydrogens is 546 g/mol. The molecule has 1 aliphatic heterocycles. The number of hydrogen-bond donors (Lipinski definition) is 3. The van der Waals surface area contributed by atoms with Crippen molar-refractivity contribution in [1.82, 2.24) is 15.5 Å². The molecule has 234 valence electrons. The molecule has 3 N–H and O–H groups in total. The molecule has 0 aromatic heterocycles. The zero-order valence-corrected chi connectivity index (χ0v) is 26.6. The summed E-state index contributed by atoms with van der Waals surface area (Å²) in [5, 5.41) is 18.2. The molecule has 5 rings (SSSR count). The Hall–Kier alpha value is -3.48.